The molecule has 2 amide bonds. The molecule has 1 aliphatic rings. The summed E-state index contributed by atoms with van der Waals surface area (Å²) < 4.78 is 27.1. The van der Waals surface area contributed by atoms with Gasteiger partial charge in [0.2, 0.25) is 21.8 Å². The molecule has 1 N–H and O–H groups in total. The van der Waals surface area contributed by atoms with Gasteiger partial charge in [-0.2, -0.15) is 0 Å². The van der Waals surface area contributed by atoms with E-state index < -0.39 is 28.5 Å². The van der Waals surface area contributed by atoms with Crippen molar-refractivity contribution in [2.45, 2.75) is 64.1 Å². The van der Waals surface area contributed by atoms with E-state index in [9.17, 15) is 18.0 Å². The minimum Gasteiger partial charge on any atom is -0.352 e. The number of nitrogens with one attached hydrogen (secondary N) is 1. The SMILES string of the molecule is Cc1cc(Cl)ccc1N(CC(=O)N(Cc1ccc(Cl)c(Cl)c1)[C@@H](Cc1ccccc1)C(=O)NC1CCCCC1)S(C)(=O)=O. The fraction of sp³-hybridized carbons (Fsp3) is 0.375. The van der Waals surface area contributed by atoms with Crippen molar-refractivity contribution in [1.82, 2.24) is 10.2 Å². The third kappa shape index (κ3) is 9.11. The van der Waals surface area contributed by atoms with Crippen LogP contribution in [0.3, 0.4) is 0 Å². The Morgan fingerprint density at radius 1 is 0.907 bits per heavy atom. The van der Waals surface area contributed by atoms with Gasteiger partial charge in [0.05, 0.1) is 22.0 Å². The Kier molecular flexibility index (Phi) is 11.4. The fourth-order valence-corrected chi connectivity index (χ4v) is 6.88. The zero-order valence-electron chi connectivity index (χ0n) is 24.2. The Balaban J connectivity index is 1.75. The van der Waals surface area contributed by atoms with E-state index in [1.54, 1.807) is 43.3 Å². The van der Waals surface area contributed by atoms with Gasteiger partial charge >= 0.3 is 0 Å². The highest BCUT2D eigenvalue weighted by Crippen LogP contribution is 2.28. The average Bonchev–Trinajstić information content (AvgIpc) is 2.96. The minimum absolute atomic E-state index is 0.0164. The number of rotatable bonds is 11. The average molecular weight is 665 g/mol. The largest absolute Gasteiger partial charge is 0.352 e. The van der Waals surface area contributed by atoms with Crippen molar-refractivity contribution in [3.63, 3.8) is 0 Å². The topological polar surface area (TPSA) is 86.8 Å². The second-order valence-electron chi connectivity index (χ2n) is 11.0. The molecule has 230 valence electrons. The minimum atomic E-state index is -3.89. The lowest BCUT2D eigenvalue weighted by Crippen LogP contribution is -2.55. The van der Waals surface area contributed by atoms with E-state index in [0.717, 1.165) is 48.2 Å². The number of nitrogens with zero attached hydrogens (tertiary/aromatic N) is 2. The maximum absolute atomic E-state index is 14.3. The van der Waals surface area contributed by atoms with Gasteiger partial charge in [-0.05, 0) is 66.8 Å². The molecule has 43 heavy (non-hydrogen) atoms. The van der Waals surface area contributed by atoms with Crippen LogP contribution in [0.25, 0.3) is 0 Å². The van der Waals surface area contributed by atoms with Gasteiger partial charge in [0, 0.05) is 24.0 Å². The number of amides is 2. The van der Waals surface area contributed by atoms with Crippen LogP contribution in [0.2, 0.25) is 15.1 Å². The first-order valence-corrected chi connectivity index (χ1v) is 17.2. The number of carbonyl (C=O) groups is 2. The van der Waals surface area contributed by atoms with Crippen LogP contribution < -0.4 is 9.62 Å². The van der Waals surface area contributed by atoms with Gasteiger partial charge in [-0.15, -0.1) is 0 Å². The zero-order valence-corrected chi connectivity index (χ0v) is 27.3. The molecule has 0 unspecified atom stereocenters. The van der Waals surface area contributed by atoms with E-state index in [4.69, 9.17) is 34.8 Å². The van der Waals surface area contributed by atoms with Gasteiger partial charge in [0.15, 0.2) is 0 Å². The molecule has 0 bridgehead atoms. The second-order valence-corrected chi connectivity index (χ2v) is 14.2. The van der Waals surface area contributed by atoms with E-state index in [1.165, 1.54) is 4.90 Å². The number of carbonyl (C=O) groups excluding carboxylic acids is 2. The first kappa shape index (κ1) is 33.1. The van der Waals surface area contributed by atoms with Crippen molar-refractivity contribution in [3.8, 4) is 0 Å². The molecule has 7 nitrogen and oxygen atoms in total. The normalized spacial score (nSPS) is 14.6. The monoisotopic (exact) mass is 663 g/mol. The summed E-state index contributed by atoms with van der Waals surface area (Å²) in [5.74, 6) is -0.816. The lowest BCUT2D eigenvalue weighted by atomic mass is 9.94. The van der Waals surface area contributed by atoms with Crippen molar-refractivity contribution in [1.29, 1.82) is 0 Å². The lowest BCUT2D eigenvalue weighted by Gasteiger charge is -2.35. The standard InChI is InChI=1S/C32H36Cl3N3O4S/c1-22-17-25(33)14-16-29(22)38(43(2,41)42)21-31(39)37(20-24-13-15-27(34)28(35)18-24)30(19-23-9-5-3-6-10-23)32(40)36-26-11-7-4-8-12-26/h3,5-6,9-10,13-18,26,30H,4,7-8,11-12,19-21H2,1-2H3,(H,36,40)/t30-/m0/s1. The van der Waals surface area contributed by atoms with Crippen LogP contribution in [0.4, 0.5) is 5.69 Å². The number of hydrogen-bond donors (Lipinski definition) is 1. The predicted octanol–water partition coefficient (Wildman–Crippen LogP) is 6.81. The third-order valence-corrected chi connectivity index (χ3v) is 9.77. The molecule has 0 aromatic heterocycles. The van der Waals surface area contributed by atoms with Crippen LogP contribution in [0.5, 0.6) is 0 Å². The number of hydrogen-bond acceptors (Lipinski definition) is 4. The molecule has 0 aliphatic heterocycles. The second kappa shape index (κ2) is 14.8. The van der Waals surface area contributed by atoms with Crippen LogP contribution >= 0.6 is 34.8 Å². The van der Waals surface area contributed by atoms with Gasteiger partial charge in [0.25, 0.3) is 0 Å². The number of aryl methyl sites for hydroxylation is 1. The molecule has 4 rings (SSSR count). The summed E-state index contributed by atoms with van der Waals surface area (Å²) in [4.78, 5) is 29.8. The number of sulfonamides is 1. The molecule has 1 saturated carbocycles. The summed E-state index contributed by atoms with van der Waals surface area (Å²) in [6.45, 7) is 1.24. The van der Waals surface area contributed by atoms with Crippen molar-refractivity contribution >= 4 is 62.3 Å². The number of benzene rings is 3. The molecule has 0 spiro atoms. The van der Waals surface area contributed by atoms with Gasteiger partial charge in [-0.3, -0.25) is 13.9 Å². The molecule has 0 radical (unpaired) electrons. The lowest BCUT2D eigenvalue weighted by molar-refractivity contribution is -0.140. The fourth-order valence-electron chi connectivity index (χ4n) is 5.43. The van der Waals surface area contributed by atoms with Gasteiger partial charge < -0.3 is 10.2 Å². The van der Waals surface area contributed by atoms with Crippen LogP contribution in [-0.4, -0.2) is 50.0 Å². The van der Waals surface area contributed by atoms with Crippen LogP contribution in [0.15, 0.2) is 66.7 Å². The first-order valence-electron chi connectivity index (χ1n) is 14.2. The van der Waals surface area contributed by atoms with E-state index in [0.29, 0.717) is 31.9 Å². The van der Waals surface area contributed by atoms with Crippen LogP contribution in [0.1, 0.15) is 48.8 Å². The summed E-state index contributed by atoms with van der Waals surface area (Å²) in [7, 11) is -3.89. The van der Waals surface area contributed by atoms with Crippen molar-refractivity contribution < 1.29 is 18.0 Å². The summed E-state index contributed by atoms with van der Waals surface area (Å²) in [5, 5.41) is 4.31. The molecular weight excluding hydrogens is 629 g/mol. The highest BCUT2D eigenvalue weighted by molar-refractivity contribution is 7.92. The van der Waals surface area contributed by atoms with Crippen molar-refractivity contribution in [2.75, 3.05) is 17.1 Å². The molecule has 3 aromatic carbocycles. The molecule has 1 fully saturated rings. The summed E-state index contributed by atoms with van der Waals surface area (Å²) in [6.07, 6.45) is 6.24. The maximum Gasteiger partial charge on any atom is 0.244 e. The molecule has 0 saturated heterocycles. The van der Waals surface area contributed by atoms with Gasteiger partial charge in [-0.1, -0.05) is 90.5 Å². The zero-order chi connectivity index (χ0) is 31.1. The van der Waals surface area contributed by atoms with Gasteiger partial charge in [0.1, 0.15) is 12.6 Å². The van der Waals surface area contributed by atoms with Crippen LogP contribution in [-0.2, 0) is 32.6 Å². The Labute approximate surface area is 269 Å². The summed E-state index contributed by atoms with van der Waals surface area (Å²) in [5.41, 5.74) is 2.45. The quantitative estimate of drug-likeness (QED) is 0.244. The number of anilines is 1. The third-order valence-electron chi connectivity index (χ3n) is 7.67. The Morgan fingerprint density at radius 2 is 1.60 bits per heavy atom. The van der Waals surface area contributed by atoms with Crippen molar-refractivity contribution in [2.24, 2.45) is 0 Å². The first-order chi connectivity index (χ1) is 20.4. The van der Waals surface area contributed by atoms with Crippen molar-refractivity contribution in [3.05, 3.63) is 98.5 Å². The Bertz CT molecular complexity index is 1550. The molecule has 0 heterocycles. The predicted molar refractivity (Wildman–Crippen MR) is 174 cm³/mol. The Hall–Kier alpha value is -2.78. The highest BCUT2D eigenvalue weighted by Gasteiger charge is 2.34. The molecule has 3 aromatic rings. The number of halogens is 3. The smallest absolute Gasteiger partial charge is 0.244 e. The summed E-state index contributed by atoms with van der Waals surface area (Å²) in [6, 6.07) is 18.4. The maximum atomic E-state index is 14.3. The van der Waals surface area contributed by atoms with E-state index in [1.807, 2.05) is 30.3 Å². The van der Waals surface area contributed by atoms with E-state index in [2.05, 4.69) is 5.32 Å². The Morgan fingerprint density at radius 3 is 2.23 bits per heavy atom. The molecular formula is C32H36Cl3N3O4S. The molecule has 1 atom stereocenters. The highest BCUT2D eigenvalue weighted by atomic mass is 35.5. The van der Waals surface area contributed by atoms with Gasteiger partial charge in [-0.25, -0.2) is 8.42 Å². The van der Waals surface area contributed by atoms with E-state index >= 15 is 0 Å². The summed E-state index contributed by atoms with van der Waals surface area (Å²) >= 11 is 18.6. The molecule has 11 heteroatoms. The van der Waals surface area contributed by atoms with E-state index in [-0.39, 0.29) is 24.9 Å². The van der Waals surface area contributed by atoms with Crippen LogP contribution in [0, 0.1) is 6.92 Å². The molecule has 1 aliphatic carbocycles.